The van der Waals surface area contributed by atoms with Gasteiger partial charge in [-0.05, 0) is 61.6 Å². The van der Waals surface area contributed by atoms with Gasteiger partial charge in [0.25, 0.3) is 11.5 Å². The summed E-state index contributed by atoms with van der Waals surface area (Å²) in [4.78, 5) is 29.3. The van der Waals surface area contributed by atoms with Crippen molar-refractivity contribution in [2.75, 3.05) is 12.4 Å². The number of anilines is 1. The third kappa shape index (κ3) is 5.92. The zero-order valence-electron chi connectivity index (χ0n) is 20.0. The summed E-state index contributed by atoms with van der Waals surface area (Å²) in [5, 5.41) is 2.86. The molecular formula is C28H34N2O3. The Morgan fingerprint density at radius 1 is 0.970 bits per heavy atom. The smallest absolute Gasteiger partial charge is 0.261 e. The molecule has 1 fully saturated rings. The molecule has 1 aromatic heterocycles. The third-order valence-electron chi connectivity index (χ3n) is 6.04. The second kappa shape index (κ2) is 11.5. The summed E-state index contributed by atoms with van der Waals surface area (Å²) in [5.41, 5.74) is 4.01. The predicted molar refractivity (Wildman–Crippen MR) is 135 cm³/mol. The van der Waals surface area contributed by atoms with Crippen molar-refractivity contribution in [3.63, 3.8) is 0 Å². The summed E-state index contributed by atoms with van der Waals surface area (Å²) < 4.78 is 5.17. The lowest BCUT2D eigenvalue weighted by Crippen LogP contribution is -2.26. The fraction of sp³-hybridized carbons (Fsp3) is 0.357. The molecule has 5 nitrogen and oxygen atoms in total. The van der Waals surface area contributed by atoms with E-state index in [0.29, 0.717) is 22.9 Å². The number of methoxy groups -OCH3 is 1. The van der Waals surface area contributed by atoms with Crippen molar-refractivity contribution < 1.29 is 9.53 Å². The molecular weight excluding hydrogens is 412 g/mol. The minimum absolute atomic E-state index is 0.138. The van der Waals surface area contributed by atoms with Crippen LogP contribution in [0.4, 0.5) is 5.69 Å². The molecule has 2 aromatic carbocycles. The largest absolute Gasteiger partial charge is 0.497 e. The Bertz CT molecular complexity index is 1110. The average molecular weight is 447 g/mol. The number of ether oxygens (including phenoxy) is 1. The number of nitrogens with one attached hydrogen (secondary N) is 2. The fourth-order valence-corrected chi connectivity index (χ4v) is 4.27. The van der Waals surface area contributed by atoms with Gasteiger partial charge < -0.3 is 15.0 Å². The number of carbonyl (C=O) groups excluding carboxylic acids is 1. The van der Waals surface area contributed by atoms with Crippen molar-refractivity contribution in [1.29, 1.82) is 0 Å². The molecule has 33 heavy (non-hydrogen) atoms. The average Bonchev–Trinajstić information content (AvgIpc) is 2.86. The number of rotatable bonds is 5. The first kappa shape index (κ1) is 24.3. The van der Waals surface area contributed by atoms with E-state index in [0.717, 1.165) is 29.7 Å². The summed E-state index contributed by atoms with van der Waals surface area (Å²) in [6.45, 7) is 6.02. The van der Waals surface area contributed by atoms with E-state index in [2.05, 4.69) is 10.3 Å². The molecule has 0 atom stereocenters. The van der Waals surface area contributed by atoms with Crippen molar-refractivity contribution in [2.24, 2.45) is 0 Å². The maximum Gasteiger partial charge on any atom is 0.261 e. The SMILES string of the molecule is CC.COc1ccc(NC(=O)c2c(-c3ccc(C)cc3)cc(C3CCCCC3)[nH]c2=O)cc1. The lowest BCUT2D eigenvalue weighted by atomic mass is 9.85. The van der Waals surface area contributed by atoms with Gasteiger partial charge in [-0.2, -0.15) is 0 Å². The van der Waals surface area contributed by atoms with Crippen LogP contribution in [0.3, 0.4) is 0 Å². The van der Waals surface area contributed by atoms with E-state index in [9.17, 15) is 9.59 Å². The number of benzene rings is 2. The number of pyridine rings is 1. The Morgan fingerprint density at radius 2 is 1.61 bits per heavy atom. The van der Waals surface area contributed by atoms with Gasteiger partial charge in [-0.1, -0.05) is 62.9 Å². The van der Waals surface area contributed by atoms with Crippen LogP contribution in [0.2, 0.25) is 0 Å². The molecule has 0 bridgehead atoms. The second-order valence-electron chi connectivity index (χ2n) is 8.23. The summed E-state index contributed by atoms with van der Waals surface area (Å²) in [6.07, 6.45) is 5.73. The normalized spacial score (nSPS) is 13.6. The Kier molecular flexibility index (Phi) is 8.47. The van der Waals surface area contributed by atoms with Crippen LogP contribution in [-0.4, -0.2) is 18.0 Å². The molecule has 3 aromatic rings. The lowest BCUT2D eigenvalue weighted by molar-refractivity contribution is 0.102. The van der Waals surface area contributed by atoms with Gasteiger partial charge in [0.2, 0.25) is 0 Å². The molecule has 1 heterocycles. The Labute approximate surface area is 196 Å². The molecule has 4 rings (SSSR count). The Morgan fingerprint density at radius 3 is 2.21 bits per heavy atom. The molecule has 5 heteroatoms. The molecule has 174 valence electrons. The van der Waals surface area contributed by atoms with E-state index in [1.807, 2.05) is 51.1 Å². The predicted octanol–water partition coefficient (Wildman–Crippen LogP) is 6.69. The van der Waals surface area contributed by atoms with E-state index in [4.69, 9.17) is 4.74 Å². The van der Waals surface area contributed by atoms with Crippen LogP contribution in [-0.2, 0) is 0 Å². The molecule has 1 amide bonds. The highest BCUT2D eigenvalue weighted by atomic mass is 16.5. The van der Waals surface area contributed by atoms with E-state index in [1.54, 1.807) is 31.4 Å². The van der Waals surface area contributed by atoms with Gasteiger partial charge in [0.15, 0.2) is 0 Å². The van der Waals surface area contributed by atoms with Crippen LogP contribution in [0, 0.1) is 6.92 Å². The Balaban J connectivity index is 0.00000149. The third-order valence-corrected chi connectivity index (χ3v) is 6.04. The number of amides is 1. The molecule has 1 aliphatic rings. The van der Waals surface area contributed by atoms with Gasteiger partial charge >= 0.3 is 0 Å². The second-order valence-corrected chi connectivity index (χ2v) is 8.23. The van der Waals surface area contributed by atoms with E-state index in [-0.39, 0.29) is 11.1 Å². The van der Waals surface area contributed by atoms with Crippen LogP contribution in [0.15, 0.2) is 59.4 Å². The van der Waals surface area contributed by atoms with Crippen molar-refractivity contribution >= 4 is 11.6 Å². The van der Waals surface area contributed by atoms with Crippen LogP contribution >= 0.6 is 0 Å². The van der Waals surface area contributed by atoms with Gasteiger partial charge in [-0.25, -0.2) is 0 Å². The van der Waals surface area contributed by atoms with Crippen LogP contribution in [0.1, 0.15) is 73.5 Å². The molecule has 0 radical (unpaired) electrons. The van der Waals surface area contributed by atoms with Crippen molar-refractivity contribution in [1.82, 2.24) is 4.98 Å². The molecule has 2 N–H and O–H groups in total. The van der Waals surface area contributed by atoms with E-state index < -0.39 is 5.91 Å². The minimum Gasteiger partial charge on any atom is -0.497 e. The van der Waals surface area contributed by atoms with Gasteiger partial charge in [-0.15, -0.1) is 0 Å². The minimum atomic E-state index is -0.419. The van der Waals surface area contributed by atoms with Crippen LogP contribution < -0.4 is 15.6 Å². The standard InChI is InChI=1S/C26H28N2O3.C2H6/c1-17-8-10-18(11-9-17)22-16-23(19-6-4-3-5-7-19)28-26(30)24(22)25(29)27-20-12-14-21(31-2)15-13-20;1-2/h8-16,19H,3-7H2,1-2H3,(H,27,29)(H,28,30);1-2H3. The number of aryl methyl sites for hydroxylation is 1. The maximum absolute atomic E-state index is 13.2. The van der Waals surface area contributed by atoms with Crippen molar-refractivity contribution in [2.45, 2.75) is 58.8 Å². The van der Waals surface area contributed by atoms with Crippen LogP contribution in [0.25, 0.3) is 11.1 Å². The number of aromatic nitrogens is 1. The summed E-state index contributed by atoms with van der Waals surface area (Å²) in [6, 6.07) is 17.0. The summed E-state index contributed by atoms with van der Waals surface area (Å²) in [7, 11) is 1.59. The zero-order valence-corrected chi connectivity index (χ0v) is 20.0. The molecule has 0 unspecified atom stereocenters. The number of hydrogen-bond donors (Lipinski definition) is 2. The van der Waals surface area contributed by atoms with Gasteiger partial charge in [-0.3, -0.25) is 9.59 Å². The zero-order chi connectivity index (χ0) is 23.8. The highest BCUT2D eigenvalue weighted by Crippen LogP contribution is 2.33. The summed E-state index contributed by atoms with van der Waals surface area (Å²) >= 11 is 0. The first-order valence-corrected chi connectivity index (χ1v) is 11.8. The van der Waals surface area contributed by atoms with E-state index >= 15 is 0 Å². The van der Waals surface area contributed by atoms with Crippen molar-refractivity contribution in [3.8, 4) is 16.9 Å². The quantitative estimate of drug-likeness (QED) is 0.459. The van der Waals surface area contributed by atoms with Crippen LogP contribution in [0.5, 0.6) is 5.75 Å². The molecule has 0 aliphatic heterocycles. The highest BCUT2D eigenvalue weighted by molar-refractivity contribution is 6.08. The van der Waals surface area contributed by atoms with Gasteiger partial charge in [0, 0.05) is 16.9 Å². The van der Waals surface area contributed by atoms with Gasteiger partial charge in [0.05, 0.1) is 7.11 Å². The highest BCUT2D eigenvalue weighted by Gasteiger charge is 2.23. The first-order valence-electron chi connectivity index (χ1n) is 11.8. The molecule has 1 aliphatic carbocycles. The molecule has 0 spiro atoms. The Hall–Kier alpha value is -3.34. The number of hydrogen-bond acceptors (Lipinski definition) is 3. The number of aromatic amines is 1. The number of H-pyrrole nitrogens is 1. The molecule has 0 saturated heterocycles. The topological polar surface area (TPSA) is 71.2 Å². The van der Waals surface area contributed by atoms with E-state index in [1.165, 1.54) is 19.3 Å². The maximum atomic E-state index is 13.2. The lowest BCUT2D eigenvalue weighted by Gasteiger charge is -2.23. The summed E-state index contributed by atoms with van der Waals surface area (Å²) in [5.74, 6) is 0.620. The fourth-order valence-electron chi connectivity index (χ4n) is 4.27. The number of carbonyl (C=O) groups is 1. The van der Waals surface area contributed by atoms with Gasteiger partial charge in [0.1, 0.15) is 11.3 Å². The first-order chi connectivity index (χ1) is 16.0. The molecule has 1 saturated carbocycles. The van der Waals surface area contributed by atoms with Crippen molar-refractivity contribution in [3.05, 3.63) is 81.8 Å². The monoisotopic (exact) mass is 446 g/mol.